The third-order valence-electron chi connectivity index (χ3n) is 6.07. The van der Waals surface area contributed by atoms with E-state index >= 15 is 0 Å². The summed E-state index contributed by atoms with van der Waals surface area (Å²) in [6.07, 6.45) is 8.16. The van der Waals surface area contributed by atoms with E-state index in [9.17, 15) is 4.79 Å². The molecule has 5 nitrogen and oxygen atoms in total. The van der Waals surface area contributed by atoms with Crippen LogP contribution in [0.2, 0.25) is 0 Å². The zero-order valence-electron chi connectivity index (χ0n) is 16.7. The quantitative estimate of drug-likeness (QED) is 0.471. The van der Waals surface area contributed by atoms with Crippen LogP contribution in [0.4, 0.5) is 0 Å². The van der Waals surface area contributed by atoms with Gasteiger partial charge in [0.15, 0.2) is 5.96 Å². The molecule has 1 aromatic heterocycles. The molecule has 1 saturated carbocycles. The second kappa shape index (κ2) is 9.58. The largest absolute Gasteiger partial charge is 0.466 e. The van der Waals surface area contributed by atoms with E-state index in [1.165, 1.54) is 37.0 Å². The number of hydrogen-bond acceptors (Lipinski definition) is 4. The molecule has 0 atom stereocenters. The highest BCUT2D eigenvalue weighted by Crippen LogP contribution is 2.41. The number of rotatable bonds is 5. The molecule has 2 fully saturated rings. The van der Waals surface area contributed by atoms with Crippen LogP contribution in [0, 0.1) is 5.92 Å². The van der Waals surface area contributed by atoms with Crippen molar-refractivity contribution < 1.29 is 9.53 Å². The lowest BCUT2D eigenvalue weighted by Gasteiger charge is -2.39. The number of carbonyl (C=O) groups excluding carboxylic acids is 1. The number of likely N-dealkylation sites (tertiary alicyclic amines) is 1. The number of carbonyl (C=O) groups is 1. The summed E-state index contributed by atoms with van der Waals surface area (Å²) in [6, 6.07) is 4.47. The molecule has 0 spiro atoms. The average molecular weight is 392 g/mol. The highest BCUT2D eigenvalue weighted by Gasteiger charge is 2.35. The van der Waals surface area contributed by atoms with Crippen LogP contribution in [-0.2, 0) is 14.9 Å². The molecule has 1 aliphatic carbocycles. The van der Waals surface area contributed by atoms with Gasteiger partial charge in [-0.15, -0.1) is 11.3 Å². The van der Waals surface area contributed by atoms with Gasteiger partial charge in [0.2, 0.25) is 0 Å². The van der Waals surface area contributed by atoms with Crippen LogP contribution in [0.5, 0.6) is 0 Å². The molecule has 1 aliphatic heterocycles. The number of hydrogen-bond donors (Lipinski definition) is 1. The Balaban J connectivity index is 1.58. The maximum absolute atomic E-state index is 12.0. The van der Waals surface area contributed by atoms with Crippen molar-refractivity contribution in [3.05, 3.63) is 22.4 Å². The molecule has 1 N–H and O–H groups in total. The minimum atomic E-state index is -0.0426. The third kappa shape index (κ3) is 4.84. The molecule has 6 heteroatoms. The van der Waals surface area contributed by atoms with Gasteiger partial charge in [-0.25, -0.2) is 0 Å². The van der Waals surface area contributed by atoms with Crippen LogP contribution in [-0.4, -0.2) is 50.1 Å². The molecule has 0 bridgehead atoms. The molecule has 0 amide bonds. The number of thiophene rings is 1. The van der Waals surface area contributed by atoms with E-state index in [2.05, 4.69) is 32.7 Å². The first-order valence-corrected chi connectivity index (χ1v) is 11.2. The van der Waals surface area contributed by atoms with Crippen LogP contribution in [0.3, 0.4) is 0 Å². The monoisotopic (exact) mass is 391 g/mol. The van der Waals surface area contributed by atoms with Crippen LogP contribution in [0.25, 0.3) is 0 Å². The molecule has 1 aromatic rings. The Morgan fingerprint density at radius 1 is 1.33 bits per heavy atom. The minimum Gasteiger partial charge on any atom is -0.466 e. The lowest BCUT2D eigenvalue weighted by Crippen LogP contribution is -2.50. The van der Waals surface area contributed by atoms with E-state index in [1.807, 2.05) is 25.3 Å². The third-order valence-corrected chi connectivity index (χ3v) is 7.18. The second-order valence-electron chi connectivity index (χ2n) is 7.73. The first-order valence-electron chi connectivity index (χ1n) is 10.3. The zero-order valence-corrected chi connectivity index (χ0v) is 17.5. The predicted octanol–water partition coefficient (Wildman–Crippen LogP) is 3.80. The van der Waals surface area contributed by atoms with Crippen molar-refractivity contribution >= 4 is 23.3 Å². The highest BCUT2D eigenvalue weighted by molar-refractivity contribution is 7.10. The summed E-state index contributed by atoms with van der Waals surface area (Å²) >= 11 is 1.89. The first-order chi connectivity index (χ1) is 13.2. The Morgan fingerprint density at radius 2 is 2.07 bits per heavy atom. The van der Waals surface area contributed by atoms with Crippen LogP contribution >= 0.6 is 11.3 Å². The van der Waals surface area contributed by atoms with Crippen molar-refractivity contribution in [1.29, 1.82) is 0 Å². The number of nitrogens with zero attached hydrogens (tertiary/aromatic N) is 2. The van der Waals surface area contributed by atoms with E-state index < -0.39 is 0 Å². The number of nitrogens with one attached hydrogen (secondary N) is 1. The number of aliphatic imine (C=N–C) groups is 1. The molecule has 2 aliphatic rings. The van der Waals surface area contributed by atoms with E-state index in [1.54, 1.807) is 0 Å². The van der Waals surface area contributed by atoms with Gasteiger partial charge < -0.3 is 15.0 Å². The van der Waals surface area contributed by atoms with Gasteiger partial charge >= 0.3 is 5.97 Å². The topological polar surface area (TPSA) is 53.9 Å². The molecule has 3 rings (SSSR count). The molecular weight excluding hydrogens is 358 g/mol. The van der Waals surface area contributed by atoms with E-state index in [-0.39, 0.29) is 17.3 Å². The Morgan fingerprint density at radius 3 is 2.67 bits per heavy atom. The molecule has 0 unspecified atom stereocenters. The lowest BCUT2D eigenvalue weighted by atomic mass is 9.73. The fourth-order valence-electron chi connectivity index (χ4n) is 4.49. The van der Waals surface area contributed by atoms with Crippen molar-refractivity contribution in [2.75, 3.05) is 33.3 Å². The van der Waals surface area contributed by atoms with Gasteiger partial charge in [0.05, 0.1) is 12.5 Å². The maximum atomic E-state index is 12.0. The lowest BCUT2D eigenvalue weighted by molar-refractivity contribution is -0.149. The summed E-state index contributed by atoms with van der Waals surface area (Å²) < 4.78 is 5.18. The summed E-state index contributed by atoms with van der Waals surface area (Å²) in [4.78, 5) is 20.3. The van der Waals surface area contributed by atoms with Crippen molar-refractivity contribution in [2.45, 2.75) is 57.3 Å². The molecule has 1 saturated heterocycles. The van der Waals surface area contributed by atoms with Crippen LogP contribution < -0.4 is 5.32 Å². The van der Waals surface area contributed by atoms with Crippen LogP contribution in [0.1, 0.15) is 56.7 Å². The number of piperidine rings is 1. The fourth-order valence-corrected chi connectivity index (χ4v) is 5.47. The number of ether oxygens (including phenoxy) is 1. The van der Waals surface area contributed by atoms with E-state index in [0.29, 0.717) is 6.61 Å². The van der Waals surface area contributed by atoms with Crippen molar-refractivity contribution in [1.82, 2.24) is 10.2 Å². The Hall–Kier alpha value is -1.56. The average Bonchev–Trinajstić information content (AvgIpc) is 3.25. The van der Waals surface area contributed by atoms with Crippen molar-refractivity contribution in [3.63, 3.8) is 0 Å². The summed E-state index contributed by atoms with van der Waals surface area (Å²) in [5, 5.41) is 5.87. The van der Waals surface area contributed by atoms with E-state index in [4.69, 9.17) is 4.74 Å². The predicted molar refractivity (Wildman–Crippen MR) is 111 cm³/mol. The molecule has 27 heavy (non-hydrogen) atoms. The molecule has 150 valence electrons. The Bertz CT molecular complexity index is 615. The standard InChI is InChI=1S/C21H33N3O2S/c1-3-26-19(25)17-9-13-24(14-10-17)20(22-2)23-16-21(11-5-4-6-12-21)18-8-7-15-27-18/h7-8,15,17H,3-6,9-14,16H2,1-2H3,(H,22,23). The van der Waals surface area contributed by atoms with Gasteiger partial charge in [0, 0.05) is 37.0 Å². The summed E-state index contributed by atoms with van der Waals surface area (Å²) in [6.45, 7) is 4.99. The molecule has 0 radical (unpaired) electrons. The van der Waals surface area contributed by atoms with Gasteiger partial charge in [0.25, 0.3) is 0 Å². The normalized spacial score (nSPS) is 21.1. The maximum Gasteiger partial charge on any atom is 0.309 e. The number of esters is 1. The second-order valence-corrected chi connectivity index (χ2v) is 8.68. The van der Waals surface area contributed by atoms with Gasteiger partial charge in [-0.1, -0.05) is 25.3 Å². The van der Waals surface area contributed by atoms with Gasteiger partial charge in [-0.05, 0) is 44.1 Å². The van der Waals surface area contributed by atoms with Crippen LogP contribution in [0.15, 0.2) is 22.5 Å². The number of guanidine groups is 1. The Labute approximate surface area is 167 Å². The van der Waals surface area contributed by atoms with Crippen molar-refractivity contribution in [2.24, 2.45) is 10.9 Å². The summed E-state index contributed by atoms with van der Waals surface area (Å²) in [7, 11) is 1.86. The molecule has 0 aromatic carbocycles. The smallest absolute Gasteiger partial charge is 0.309 e. The summed E-state index contributed by atoms with van der Waals surface area (Å²) in [5.41, 5.74) is 0.242. The molecule has 2 heterocycles. The SMILES string of the molecule is CCOC(=O)C1CCN(C(=NC)NCC2(c3cccs3)CCCCC2)CC1. The van der Waals surface area contributed by atoms with Gasteiger partial charge in [0.1, 0.15) is 0 Å². The zero-order chi connectivity index (χ0) is 19.1. The van der Waals surface area contributed by atoms with Gasteiger partial charge in [-0.2, -0.15) is 0 Å². The summed E-state index contributed by atoms with van der Waals surface area (Å²) in [5.74, 6) is 0.966. The highest BCUT2D eigenvalue weighted by atomic mass is 32.1. The van der Waals surface area contributed by atoms with Crippen molar-refractivity contribution in [3.8, 4) is 0 Å². The van der Waals surface area contributed by atoms with Gasteiger partial charge in [-0.3, -0.25) is 9.79 Å². The first kappa shape index (κ1) is 20.2. The Kier molecular flexibility index (Phi) is 7.16. The van der Waals surface area contributed by atoms with E-state index in [0.717, 1.165) is 38.4 Å². The minimum absolute atomic E-state index is 0.0371. The molecular formula is C21H33N3O2S. The fraction of sp³-hybridized carbons (Fsp3) is 0.714.